The molecule has 1 atom stereocenters. The molecule has 0 radical (unpaired) electrons. The van der Waals surface area contributed by atoms with Crippen molar-refractivity contribution in [2.75, 3.05) is 0 Å². The zero-order valence-electron chi connectivity index (χ0n) is 8.50. The highest BCUT2D eigenvalue weighted by Gasteiger charge is 2.10. The molecular formula is C10H17BrClNO. The molecule has 0 aromatic carbocycles. The van der Waals surface area contributed by atoms with Crippen molar-refractivity contribution in [1.82, 2.24) is 0 Å². The van der Waals surface area contributed by atoms with Crippen molar-refractivity contribution in [3.63, 3.8) is 0 Å². The third-order valence-corrected chi connectivity index (χ3v) is 2.44. The highest BCUT2D eigenvalue weighted by Crippen LogP contribution is 2.23. The predicted octanol–water partition coefficient (Wildman–Crippen LogP) is 3.90. The van der Waals surface area contributed by atoms with Crippen LogP contribution in [0.5, 0.6) is 0 Å². The van der Waals surface area contributed by atoms with Crippen molar-refractivity contribution in [2.45, 2.75) is 32.7 Å². The third-order valence-electron chi connectivity index (χ3n) is 2.01. The molecular weight excluding hydrogens is 265 g/mol. The molecule has 2 N–H and O–H groups in total. The summed E-state index contributed by atoms with van der Waals surface area (Å²) in [7, 11) is 0. The molecule has 0 unspecified atom stereocenters. The molecule has 1 aromatic heterocycles. The minimum atomic E-state index is 0. The molecule has 0 bridgehead atoms. The molecule has 0 aliphatic heterocycles. The van der Waals surface area contributed by atoms with Gasteiger partial charge >= 0.3 is 0 Å². The van der Waals surface area contributed by atoms with Crippen molar-refractivity contribution in [3.8, 4) is 0 Å². The summed E-state index contributed by atoms with van der Waals surface area (Å²) in [4.78, 5) is 0. The number of hydrogen-bond donors (Lipinski definition) is 1. The van der Waals surface area contributed by atoms with Crippen LogP contribution in [-0.2, 0) is 0 Å². The van der Waals surface area contributed by atoms with E-state index in [-0.39, 0.29) is 18.4 Å². The van der Waals surface area contributed by atoms with Gasteiger partial charge in [-0.15, -0.1) is 12.4 Å². The highest BCUT2D eigenvalue weighted by atomic mass is 79.9. The minimum Gasteiger partial charge on any atom is -0.453 e. The van der Waals surface area contributed by atoms with Gasteiger partial charge in [0.2, 0.25) is 0 Å². The van der Waals surface area contributed by atoms with Gasteiger partial charge in [-0.2, -0.15) is 0 Å². The lowest BCUT2D eigenvalue weighted by molar-refractivity contribution is 0.414. The number of hydrogen-bond acceptors (Lipinski definition) is 2. The molecule has 14 heavy (non-hydrogen) atoms. The van der Waals surface area contributed by atoms with E-state index in [9.17, 15) is 0 Å². The molecule has 4 heteroatoms. The van der Waals surface area contributed by atoms with E-state index >= 15 is 0 Å². The van der Waals surface area contributed by atoms with Gasteiger partial charge in [-0.25, -0.2) is 0 Å². The van der Waals surface area contributed by atoms with E-state index < -0.39 is 0 Å². The van der Waals surface area contributed by atoms with Crippen LogP contribution in [0.4, 0.5) is 0 Å². The molecule has 0 aliphatic carbocycles. The van der Waals surface area contributed by atoms with E-state index in [1.807, 2.05) is 12.1 Å². The molecule has 0 saturated heterocycles. The lowest BCUT2D eigenvalue weighted by atomic mass is 10.0. The van der Waals surface area contributed by atoms with E-state index in [0.29, 0.717) is 5.92 Å². The number of rotatable bonds is 4. The quantitative estimate of drug-likeness (QED) is 0.909. The topological polar surface area (TPSA) is 39.2 Å². The van der Waals surface area contributed by atoms with E-state index in [0.717, 1.165) is 23.3 Å². The largest absolute Gasteiger partial charge is 0.453 e. The van der Waals surface area contributed by atoms with Crippen molar-refractivity contribution in [3.05, 3.63) is 22.6 Å². The maximum absolute atomic E-state index is 5.94. The standard InChI is InChI=1S/C10H16BrNO.ClH/c1-7(2)3-4-8(12)9-5-6-10(11)13-9;/h5-8H,3-4,12H2,1-2H3;1H/t8-;/m1./s1. The summed E-state index contributed by atoms with van der Waals surface area (Å²) in [5.41, 5.74) is 5.94. The zero-order chi connectivity index (χ0) is 9.84. The van der Waals surface area contributed by atoms with Crippen LogP contribution in [0.1, 0.15) is 38.5 Å². The SMILES string of the molecule is CC(C)CC[C@@H](N)c1ccc(Br)o1.Cl. The molecule has 0 aliphatic rings. The van der Waals surface area contributed by atoms with Gasteiger partial charge in [0.25, 0.3) is 0 Å². The van der Waals surface area contributed by atoms with Gasteiger partial charge < -0.3 is 10.2 Å². The van der Waals surface area contributed by atoms with Crippen LogP contribution in [0.3, 0.4) is 0 Å². The molecule has 1 heterocycles. The Morgan fingerprint density at radius 3 is 2.43 bits per heavy atom. The van der Waals surface area contributed by atoms with Crippen LogP contribution in [0.25, 0.3) is 0 Å². The van der Waals surface area contributed by atoms with Gasteiger partial charge in [-0.1, -0.05) is 13.8 Å². The van der Waals surface area contributed by atoms with Gasteiger partial charge in [0.1, 0.15) is 5.76 Å². The van der Waals surface area contributed by atoms with Crippen molar-refractivity contribution in [2.24, 2.45) is 11.7 Å². The Bertz CT molecular complexity index is 262. The Kier molecular flexibility index (Phi) is 6.49. The molecule has 1 rings (SSSR count). The van der Waals surface area contributed by atoms with Crippen LogP contribution >= 0.6 is 28.3 Å². The summed E-state index contributed by atoms with van der Waals surface area (Å²) >= 11 is 3.26. The van der Waals surface area contributed by atoms with Crippen molar-refractivity contribution in [1.29, 1.82) is 0 Å². The van der Waals surface area contributed by atoms with Gasteiger partial charge in [-0.05, 0) is 46.8 Å². The first-order valence-electron chi connectivity index (χ1n) is 4.60. The van der Waals surface area contributed by atoms with Crippen molar-refractivity contribution >= 4 is 28.3 Å². The number of halogens is 2. The second-order valence-electron chi connectivity index (χ2n) is 3.72. The fraction of sp³-hybridized carbons (Fsp3) is 0.600. The Balaban J connectivity index is 0.00000169. The van der Waals surface area contributed by atoms with Crippen molar-refractivity contribution < 1.29 is 4.42 Å². The van der Waals surface area contributed by atoms with E-state index in [1.54, 1.807) is 0 Å². The van der Waals surface area contributed by atoms with E-state index in [4.69, 9.17) is 10.2 Å². The predicted molar refractivity (Wildman–Crippen MR) is 64.7 cm³/mol. The maximum atomic E-state index is 5.94. The van der Waals surface area contributed by atoms with Gasteiger partial charge in [0.15, 0.2) is 4.67 Å². The Labute approximate surface area is 99.8 Å². The van der Waals surface area contributed by atoms with Gasteiger partial charge in [0, 0.05) is 0 Å². The molecule has 0 fully saturated rings. The van der Waals surface area contributed by atoms with E-state index in [1.165, 1.54) is 0 Å². The fourth-order valence-electron chi connectivity index (χ4n) is 1.18. The lowest BCUT2D eigenvalue weighted by Crippen LogP contribution is -2.10. The maximum Gasteiger partial charge on any atom is 0.169 e. The summed E-state index contributed by atoms with van der Waals surface area (Å²) in [6.45, 7) is 4.40. The molecule has 82 valence electrons. The van der Waals surface area contributed by atoms with Gasteiger partial charge in [-0.3, -0.25) is 0 Å². The van der Waals surface area contributed by atoms with Crippen LogP contribution in [-0.4, -0.2) is 0 Å². The fourth-order valence-corrected chi connectivity index (χ4v) is 1.50. The summed E-state index contributed by atoms with van der Waals surface area (Å²) in [6, 6.07) is 3.84. The van der Waals surface area contributed by atoms with Crippen LogP contribution in [0.15, 0.2) is 21.2 Å². The Morgan fingerprint density at radius 2 is 2.00 bits per heavy atom. The summed E-state index contributed by atoms with van der Waals surface area (Å²) in [6.07, 6.45) is 2.12. The van der Waals surface area contributed by atoms with E-state index in [2.05, 4.69) is 29.8 Å². The molecule has 0 amide bonds. The van der Waals surface area contributed by atoms with Gasteiger partial charge in [0.05, 0.1) is 6.04 Å². The number of furan rings is 1. The smallest absolute Gasteiger partial charge is 0.169 e. The molecule has 1 aromatic rings. The third kappa shape index (κ3) is 4.49. The summed E-state index contributed by atoms with van der Waals surface area (Å²) in [5.74, 6) is 1.57. The second-order valence-corrected chi connectivity index (χ2v) is 4.50. The average molecular weight is 283 g/mol. The second kappa shape index (κ2) is 6.49. The molecule has 0 saturated carbocycles. The average Bonchev–Trinajstić information content (AvgIpc) is 2.47. The summed E-state index contributed by atoms with van der Waals surface area (Å²) in [5, 5.41) is 0. The lowest BCUT2D eigenvalue weighted by Gasteiger charge is -2.09. The first-order chi connectivity index (χ1) is 6.09. The molecule has 2 nitrogen and oxygen atoms in total. The summed E-state index contributed by atoms with van der Waals surface area (Å²) < 4.78 is 6.12. The van der Waals surface area contributed by atoms with Crippen LogP contribution in [0, 0.1) is 5.92 Å². The first-order valence-corrected chi connectivity index (χ1v) is 5.39. The highest BCUT2D eigenvalue weighted by molar-refractivity contribution is 9.10. The van der Waals surface area contributed by atoms with Crippen LogP contribution in [0.2, 0.25) is 0 Å². The monoisotopic (exact) mass is 281 g/mol. The normalized spacial score (nSPS) is 12.6. The Hall–Kier alpha value is 0.01000. The Morgan fingerprint density at radius 1 is 1.36 bits per heavy atom. The number of nitrogens with two attached hydrogens (primary N) is 1. The van der Waals surface area contributed by atoms with Crippen LogP contribution < -0.4 is 5.73 Å². The zero-order valence-corrected chi connectivity index (χ0v) is 10.9. The first kappa shape index (κ1) is 14.0. The molecule has 0 spiro atoms. The minimum absolute atomic E-state index is 0.